The van der Waals surface area contributed by atoms with Crippen LogP contribution in [0.15, 0.2) is 70.2 Å². The normalized spacial score (nSPS) is 15.2. The molecule has 0 unspecified atom stereocenters. The molecule has 0 fully saturated rings. The number of carbonyl (C=O) groups is 1. The van der Waals surface area contributed by atoms with Gasteiger partial charge in [0, 0.05) is 12.0 Å². The molecule has 0 aliphatic heterocycles. The van der Waals surface area contributed by atoms with Gasteiger partial charge in [-0.05, 0) is 23.8 Å². The summed E-state index contributed by atoms with van der Waals surface area (Å²) in [5.74, 6) is 0.433. The summed E-state index contributed by atoms with van der Waals surface area (Å²) < 4.78 is 10.0. The van der Waals surface area contributed by atoms with Gasteiger partial charge in [0.15, 0.2) is 12.2 Å². The summed E-state index contributed by atoms with van der Waals surface area (Å²) in [6.07, 6.45) is 9.74. The lowest BCUT2D eigenvalue weighted by Crippen LogP contribution is -2.06. The lowest BCUT2D eigenvalue weighted by Gasteiger charge is -2.10. The van der Waals surface area contributed by atoms with Crippen LogP contribution in [0, 0.1) is 0 Å². The summed E-state index contributed by atoms with van der Waals surface area (Å²) in [6.45, 7) is 0. The van der Waals surface area contributed by atoms with Crippen molar-refractivity contribution in [2.24, 2.45) is 5.10 Å². The van der Waals surface area contributed by atoms with Gasteiger partial charge in [0.25, 0.3) is 0 Å². The number of anilines is 1. The number of ether oxygens (including phenoxy) is 1. The van der Waals surface area contributed by atoms with E-state index in [0.717, 1.165) is 22.5 Å². The van der Waals surface area contributed by atoms with E-state index in [9.17, 15) is 4.79 Å². The summed E-state index contributed by atoms with van der Waals surface area (Å²) in [5, 5.41) is 4.41. The number of nitrogens with zero attached hydrogens (tertiary/aromatic N) is 2. The Morgan fingerprint density at radius 3 is 2.96 bits per heavy atom. The molecule has 122 valence electrons. The van der Waals surface area contributed by atoms with Crippen molar-refractivity contribution in [1.82, 2.24) is 4.98 Å². The second kappa shape index (κ2) is 7.41. The standard InChI is InChI=1S/C18H17N3O3/c1-23-18(22)10-13-6-8-14(9-7-13)20-21-16-5-3-2-4-15(16)17-11-19-12-24-17/h2-8,11-12,21H,9-10H2,1H3. The second-order valence-electron chi connectivity index (χ2n) is 5.20. The molecular formula is C18H17N3O3. The van der Waals surface area contributed by atoms with Crippen molar-refractivity contribution in [2.45, 2.75) is 12.8 Å². The SMILES string of the molecule is COC(=O)CC1=CCC(=NNc2ccccc2-c2cnco2)C=C1. The van der Waals surface area contributed by atoms with Gasteiger partial charge in [-0.3, -0.25) is 10.2 Å². The topological polar surface area (TPSA) is 76.7 Å². The molecule has 0 saturated heterocycles. The number of oxazole rings is 1. The third-order valence-corrected chi connectivity index (χ3v) is 3.58. The van der Waals surface area contributed by atoms with E-state index in [-0.39, 0.29) is 12.4 Å². The van der Waals surface area contributed by atoms with Crippen LogP contribution in [-0.4, -0.2) is 23.8 Å². The van der Waals surface area contributed by atoms with Gasteiger partial charge in [-0.1, -0.05) is 24.3 Å². The zero-order valence-corrected chi connectivity index (χ0v) is 13.2. The maximum Gasteiger partial charge on any atom is 0.309 e. The average molecular weight is 323 g/mol. The second-order valence-corrected chi connectivity index (χ2v) is 5.20. The molecule has 6 heteroatoms. The van der Waals surface area contributed by atoms with E-state index in [1.807, 2.05) is 42.5 Å². The molecule has 1 N–H and O–H groups in total. The predicted octanol–water partition coefficient (Wildman–Crippen LogP) is 3.56. The van der Waals surface area contributed by atoms with Gasteiger partial charge in [0.1, 0.15) is 0 Å². The van der Waals surface area contributed by atoms with Crippen molar-refractivity contribution in [1.29, 1.82) is 0 Å². The molecule has 24 heavy (non-hydrogen) atoms. The quantitative estimate of drug-likeness (QED) is 0.672. The number of esters is 1. The van der Waals surface area contributed by atoms with Crippen molar-refractivity contribution < 1.29 is 13.9 Å². The number of hydrogen-bond donors (Lipinski definition) is 1. The van der Waals surface area contributed by atoms with Gasteiger partial charge >= 0.3 is 5.97 Å². The zero-order chi connectivity index (χ0) is 16.8. The minimum Gasteiger partial charge on any atom is -0.469 e. The van der Waals surface area contributed by atoms with Gasteiger partial charge in [0.2, 0.25) is 0 Å². The van der Waals surface area contributed by atoms with Gasteiger partial charge in [-0.25, -0.2) is 4.98 Å². The Balaban J connectivity index is 1.68. The highest BCUT2D eigenvalue weighted by Gasteiger charge is 2.09. The highest BCUT2D eigenvalue weighted by atomic mass is 16.5. The molecule has 0 bridgehead atoms. The average Bonchev–Trinajstić information content (AvgIpc) is 3.16. The van der Waals surface area contributed by atoms with Crippen molar-refractivity contribution in [2.75, 3.05) is 12.5 Å². The molecule has 1 aliphatic rings. The number of benzene rings is 1. The van der Waals surface area contributed by atoms with Crippen LogP contribution >= 0.6 is 0 Å². The molecule has 0 atom stereocenters. The number of aromatic nitrogens is 1. The number of allylic oxidation sites excluding steroid dienone is 3. The first-order valence-electron chi connectivity index (χ1n) is 7.50. The maximum atomic E-state index is 11.3. The Kier molecular flexibility index (Phi) is 4.86. The fourth-order valence-corrected chi connectivity index (χ4v) is 2.30. The number of methoxy groups -OCH3 is 1. The van der Waals surface area contributed by atoms with Gasteiger partial charge < -0.3 is 9.15 Å². The number of hydrogen-bond acceptors (Lipinski definition) is 6. The fourth-order valence-electron chi connectivity index (χ4n) is 2.30. The Bertz CT molecular complexity index is 805. The Morgan fingerprint density at radius 2 is 2.25 bits per heavy atom. The molecule has 0 radical (unpaired) electrons. The third-order valence-electron chi connectivity index (χ3n) is 3.58. The third kappa shape index (κ3) is 3.78. The molecule has 1 heterocycles. The van der Waals surface area contributed by atoms with E-state index < -0.39 is 0 Å². The molecule has 1 aliphatic carbocycles. The minimum absolute atomic E-state index is 0.245. The highest BCUT2D eigenvalue weighted by molar-refractivity contribution is 5.98. The van der Waals surface area contributed by atoms with E-state index in [1.165, 1.54) is 13.5 Å². The Morgan fingerprint density at radius 1 is 1.38 bits per heavy atom. The fraction of sp³-hybridized carbons (Fsp3) is 0.167. The van der Waals surface area contributed by atoms with Crippen LogP contribution in [0.2, 0.25) is 0 Å². The van der Waals surface area contributed by atoms with Crippen molar-refractivity contribution in [3.63, 3.8) is 0 Å². The van der Waals surface area contributed by atoms with Gasteiger partial charge in [-0.15, -0.1) is 0 Å². The van der Waals surface area contributed by atoms with E-state index in [1.54, 1.807) is 6.20 Å². The molecule has 0 saturated carbocycles. The first kappa shape index (κ1) is 15.7. The van der Waals surface area contributed by atoms with Crippen LogP contribution in [0.1, 0.15) is 12.8 Å². The van der Waals surface area contributed by atoms with E-state index in [0.29, 0.717) is 12.2 Å². The molecule has 6 nitrogen and oxygen atoms in total. The summed E-state index contributed by atoms with van der Waals surface area (Å²) in [5.41, 5.74) is 6.59. The number of rotatable bonds is 5. The van der Waals surface area contributed by atoms with Gasteiger partial charge in [-0.2, -0.15) is 5.10 Å². The largest absolute Gasteiger partial charge is 0.469 e. The molecule has 2 aromatic rings. The smallest absolute Gasteiger partial charge is 0.309 e. The summed E-state index contributed by atoms with van der Waals surface area (Å²) in [4.78, 5) is 15.2. The summed E-state index contributed by atoms with van der Waals surface area (Å²) in [7, 11) is 1.39. The van der Waals surface area contributed by atoms with Crippen LogP contribution in [0.3, 0.4) is 0 Å². The maximum absolute atomic E-state index is 11.3. The number of hydrazone groups is 1. The lowest BCUT2D eigenvalue weighted by atomic mass is 10.0. The van der Waals surface area contributed by atoms with Crippen LogP contribution in [0.5, 0.6) is 0 Å². The first-order valence-corrected chi connectivity index (χ1v) is 7.50. The van der Waals surface area contributed by atoms with E-state index in [4.69, 9.17) is 4.42 Å². The van der Waals surface area contributed by atoms with Crippen LogP contribution < -0.4 is 5.43 Å². The Labute approximate surface area is 139 Å². The number of carbonyl (C=O) groups excluding carboxylic acids is 1. The zero-order valence-electron chi connectivity index (χ0n) is 13.2. The summed E-state index contributed by atoms with van der Waals surface area (Å²) in [6, 6.07) is 7.72. The lowest BCUT2D eigenvalue weighted by molar-refractivity contribution is -0.139. The van der Waals surface area contributed by atoms with E-state index in [2.05, 4.69) is 20.2 Å². The van der Waals surface area contributed by atoms with Crippen molar-refractivity contribution in [3.8, 4) is 11.3 Å². The predicted molar refractivity (Wildman–Crippen MR) is 91.5 cm³/mol. The van der Waals surface area contributed by atoms with Crippen LogP contribution in [0.4, 0.5) is 5.69 Å². The molecule has 0 amide bonds. The van der Waals surface area contributed by atoms with Crippen molar-refractivity contribution in [3.05, 3.63) is 60.7 Å². The monoisotopic (exact) mass is 323 g/mol. The van der Waals surface area contributed by atoms with Crippen LogP contribution in [0.25, 0.3) is 11.3 Å². The highest BCUT2D eigenvalue weighted by Crippen LogP contribution is 2.27. The van der Waals surface area contributed by atoms with Crippen LogP contribution in [-0.2, 0) is 9.53 Å². The Hall–Kier alpha value is -3.15. The van der Waals surface area contributed by atoms with Gasteiger partial charge in [0.05, 0.1) is 31.1 Å². The minimum atomic E-state index is -0.245. The number of nitrogens with one attached hydrogen (secondary N) is 1. The first-order chi connectivity index (χ1) is 11.8. The van der Waals surface area contributed by atoms with E-state index >= 15 is 0 Å². The molecule has 0 spiro atoms. The molecular weight excluding hydrogens is 306 g/mol. The number of para-hydroxylation sites is 1. The molecule has 1 aromatic carbocycles. The molecule has 1 aromatic heterocycles. The van der Waals surface area contributed by atoms with Crippen molar-refractivity contribution >= 4 is 17.4 Å². The molecule has 3 rings (SSSR count). The summed E-state index contributed by atoms with van der Waals surface area (Å²) >= 11 is 0.